The van der Waals surface area contributed by atoms with Crippen molar-refractivity contribution >= 4 is 44.2 Å². The van der Waals surface area contributed by atoms with E-state index in [2.05, 4.69) is 4.98 Å². The summed E-state index contributed by atoms with van der Waals surface area (Å²) in [5.41, 5.74) is 3.38. The molecule has 0 saturated carbocycles. The largest absolute Gasteiger partial charge is 0.279 e. The normalized spacial score (nSPS) is 10.9. The Balaban J connectivity index is 1.81. The summed E-state index contributed by atoms with van der Waals surface area (Å²) in [6.07, 6.45) is 3.47. The highest BCUT2D eigenvalue weighted by molar-refractivity contribution is 7.22. The Labute approximate surface area is 166 Å². The number of carbonyl (C=O) groups is 1. The maximum Gasteiger partial charge on any atom is 0.261 e. The third kappa shape index (κ3) is 3.56. The highest BCUT2D eigenvalue weighted by Gasteiger charge is 2.23. The molecule has 6 heteroatoms. The molecule has 4 aromatic rings. The fraction of sp³-hybridized carbons (Fsp3) is 0.0952. The van der Waals surface area contributed by atoms with Gasteiger partial charge in [0.2, 0.25) is 0 Å². The lowest BCUT2D eigenvalue weighted by molar-refractivity contribution is 0.0985. The molecule has 134 valence electrons. The van der Waals surface area contributed by atoms with Crippen molar-refractivity contribution in [3.63, 3.8) is 0 Å². The zero-order valence-corrected chi connectivity index (χ0v) is 16.2. The molecule has 0 spiro atoms. The van der Waals surface area contributed by atoms with Crippen LogP contribution in [0.3, 0.4) is 0 Å². The lowest BCUT2D eigenvalue weighted by atomic mass is 10.2. The van der Waals surface area contributed by atoms with Crippen molar-refractivity contribution in [3.8, 4) is 0 Å². The Kier molecular flexibility index (Phi) is 4.88. The van der Waals surface area contributed by atoms with Crippen LogP contribution in [0.1, 0.15) is 21.5 Å². The van der Waals surface area contributed by atoms with Crippen LogP contribution in [0.25, 0.3) is 10.2 Å². The topological polar surface area (TPSA) is 46.1 Å². The first kappa shape index (κ1) is 17.6. The van der Waals surface area contributed by atoms with Crippen LogP contribution in [-0.2, 0) is 6.54 Å². The highest BCUT2D eigenvalue weighted by Crippen LogP contribution is 2.33. The van der Waals surface area contributed by atoms with Crippen LogP contribution in [-0.4, -0.2) is 15.9 Å². The van der Waals surface area contributed by atoms with Gasteiger partial charge in [0.15, 0.2) is 5.13 Å². The third-order valence-electron chi connectivity index (χ3n) is 4.25. The Morgan fingerprint density at radius 1 is 1.11 bits per heavy atom. The summed E-state index contributed by atoms with van der Waals surface area (Å²) in [5, 5.41) is 1.07. The molecule has 0 aliphatic rings. The second kappa shape index (κ2) is 7.47. The van der Waals surface area contributed by atoms with Crippen molar-refractivity contribution in [2.24, 2.45) is 0 Å². The molecule has 4 nitrogen and oxygen atoms in total. The van der Waals surface area contributed by atoms with Crippen LogP contribution in [0, 0.1) is 6.92 Å². The lowest BCUT2D eigenvalue weighted by Crippen LogP contribution is -2.30. The molecule has 27 heavy (non-hydrogen) atoms. The number of para-hydroxylation sites is 1. The quantitative estimate of drug-likeness (QED) is 0.460. The Morgan fingerprint density at radius 3 is 2.70 bits per heavy atom. The van der Waals surface area contributed by atoms with Gasteiger partial charge in [0, 0.05) is 12.4 Å². The SMILES string of the molecule is Cc1cccc2sc(N(Cc3cccnc3)C(=O)c3ccccc3Cl)nc12. The molecule has 0 fully saturated rings. The summed E-state index contributed by atoms with van der Waals surface area (Å²) in [5.74, 6) is -0.179. The highest BCUT2D eigenvalue weighted by atomic mass is 35.5. The van der Waals surface area contributed by atoms with E-state index in [9.17, 15) is 4.79 Å². The van der Waals surface area contributed by atoms with Crippen LogP contribution in [0.5, 0.6) is 0 Å². The molecule has 0 atom stereocenters. The number of anilines is 1. The molecule has 2 aromatic heterocycles. The number of amides is 1. The Morgan fingerprint density at radius 2 is 1.96 bits per heavy atom. The van der Waals surface area contributed by atoms with Gasteiger partial charge < -0.3 is 0 Å². The number of benzene rings is 2. The lowest BCUT2D eigenvalue weighted by Gasteiger charge is -2.20. The van der Waals surface area contributed by atoms with E-state index in [0.29, 0.717) is 22.3 Å². The molecular weight excluding hydrogens is 378 g/mol. The average Bonchev–Trinajstić information content (AvgIpc) is 3.12. The van der Waals surface area contributed by atoms with Gasteiger partial charge in [-0.2, -0.15) is 0 Å². The standard InChI is InChI=1S/C21H16ClN3OS/c1-14-6-4-10-18-19(14)24-21(27-18)25(13-15-7-5-11-23-12-15)20(26)16-8-2-3-9-17(16)22/h2-12H,13H2,1H3. The number of halogens is 1. The molecule has 0 saturated heterocycles. The number of hydrogen-bond acceptors (Lipinski definition) is 4. The van der Waals surface area contributed by atoms with E-state index >= 15 is 0 Å². The fourth-order valence-electron chi connectivity index (χ4n) is 2.87. The zero-order valence-electron chi connectivity index (χ0n) is 14.6. The van der Waals surface area contributed by atoms with Gasteiger partial charge in [0.1, 0.15) is 0 Å². The van der Waals surface area contributed by atoms with Crippen LogP contribution < -0.4 is 4.90 Å². The van der Waals surface area contributed by atoms with Crippen LogP contribution in [0.4, 0.5) is 5.13 Å². The molecular formula is C21H16ClN3OS. The van der Waals surface area contributed by atoms with Crippen molar-refractivity contribution in [2.75, 3.05) is 4.90 Å². The van der Waals surface area contributed by atoms with Gasteiger partial charge in [-0.25, -0.2) is 4.98 Å². The van der Waals surface area contributed by atoms with E-state index in [-0.39, 0.29) is 5.91 Å². The van der Waals surface area contributed by atoms with Gasteiger partial charge in [-0.15, -0.1) is 0 Å². The van der Waals surface area contributed by atoms with E-state index < -0.39 is 0 Å². The first-order valence-electron chi connectivity index (χ1n) is 8.45. The molecule has 0 aliphatic heterocycles. The Bertz CT molecular complexity index is 1110. The van der Waals surface area contributed by atoms with Crippen LogP contribution >= 0.6 is 22.9 Å². The maximum absolute atomic E-state index is 13.3. The van der Waals surface area contributed by atoms with Gasteiger partial charge in [-0.3, -0.25) is 14.7 Å². The summed E-state index contributed by atoms with van der Waals surface area (Å²) < 4.78 is 1.05. The molecule has 0 unspecified atom stereocenters. The number of thiazole rings is 1. The number of nitrogens with zero attached hydrogens (tertiary/aromatic N) is 3. The van der Waals surface area contributed by atoms with E-state index in [1.807, 2.05) is 49.4 Å². The predicted molar refractivity (Wildman–Crippen MR) is 111 cm³/mol. The van der Waals surface area contributed by atoms with Gasteiger partial charge in [0.25, 0.3) is 5.91 Å². The molecule has 0 radical (unpaired) electrons. The molecule has 0 N–H and O–H groups in total. The number of aromatic nitrogens is 2. The van der Waals surface area contributed by atoms with Crippen molar-refractivity contribution < 1.29 is 4.79 Å². The zero-order chi connectivity index (χ0) is 18.8. The fourth-order valence-corrected chi connectivity index (χ4v) is 4.13. The summed E-state index contributed by atoms with van der Waals surface area (Å²) in [6, 6.07) is 16.9. The van der Waals surface area contributed by atoms with Crippen molar-refractivity contribution in [1.29, 1.82) is 0 Å². The third-order valence-corrected chi connectivity index (χ3v) is 5.63. The molecule has 2 aromatic carbocycles. The van der Waals surface area contributed by atoms with Crippen LogP contribution in [0.15, 0.2) is 67.0 Å². The molecule has 1 amide bonds. The van der Waals surface area contributed by atoms with Gasteiger partial charge in [-0.05, 0) is 42.3 Å². The number of pyridine rings is 1. The summed E-state index contributed by atoms with van der Waals surface area (Å²) in [4.78, 5) is 23.9. The molecule has 0 bridgehead atoms. The molecule has 4 rings (SSSR count). The minimum absolute atomic E-state index is 0.179. The van der Waals surface area contributed by atoms with Crippen molar-refractivity contribution in [2.45, 2.75) is 13.5 Å². The maximum atomic E-state index is 13.3. The number of carbonyl (C=O) groups excluding carboxylic acids is 1. The average molecular weight is 394 g/mol. The second-order valence-electron chi connectivity index (χ2n) is 6.15. The van der Waals surface area contributed by atoms with Crippen molar-refractivity contribution in [1.82, 2.24) is 9.97 Å². The monoisotopic (exact) mass is 393 g/mol. The van der Waals surface area contributed by atoms with Gasteiger partial charge in [0.05, 0.1) is 27.3 Å². The summed E-state index contributed by atoms with van der Waals surface area (Å²) in [7, 11) is 0. The van der Waals surface area contributed by atoms with Gasteiger partial charge >= 0.3 is 0 Å². The van der Waals surface area contributed by atoms with Crippen molar-refractivity contribution in [3.05, 3.63) is 88.7 Å². The van der Waals surface area contributed by atoms with Crippen LogP contribution in [0.2, 0.25) is 5.02 Å². The summed E-state index contributed by atoms with van der Waals surface area (Å²) in [6.45, 7) is 2.39. The van der Waals surface area contributed by atoms with Gasteiger partial charge in [-0.1, -0.05) is 53.3 Å². The smallest absolute Gasteiger partial charge is 0.261 e. The molecule has 2 heterocycles. The predicted octanol–water partition coefficient (Wildman–Crippen LogP) is 5.50. The first-order valence-corrected chi connectivity index (χ1v) is 9.64. The second-order valence-corrected chi connectivity index (χ2v) is 7.57. The number of fused-ring (bicyclic) bond motifs is 1. The minimum atomic E-state index is -0.179. The number of aryl methyl sites for hydroxylation is 1. The van der Waals surface area contributed by atoms with E-state index in [1.165, 1.54) is 11.3 Å². The number of hydrogen-bond donors (Lipinski definition) is 0. The van der Waals surface area contributed by atoms with E-state index in [4.69, 9.17) is 16.6 Å². The van der Waals surface area contributed by atoms with E-state index in [0.717, 1.165) is 21.3 Å². The number of rotatable bonds is 4. The van der Waals surface area contributed by atoms with E-state index in [1.54, 1.807) is 29.4 Å². The Hall–Kier alpha value is -2.76. The minimum Gasteiger partial charge on any atom is -0.279 e. The molecule has 0 aliphatic carbocycles. The summed E-state index contributed by atoms with van der Waals surface area (Å²) >= 11 is 7.78. The first-order chi connectivity index (χ1) is 13.1.